The van der Waals surface area contributed by atoms with Crippen LogP contribution >= 0.6 is 7.82 Å². The Kier molecular flexibility index (Phi) is 7.84. The van der Waals surface area contributed by atoms with E-state index in [0.29, 0.717) is 0 Å². The van der Waals surface area contributed by atoms with Crippen molar-refractivity contribution in [3.05, 3.63) is 59.7 Å². The first-order chi connectivity index (χ1) is 11.4. The van der Waals surface area contributed by atoms with Gasteiger partial charge in [-0.3, -0.25) is 0 Å². The molecule has 0 aliphatic rings. The third kappa shape index (κ3) is 6.90. The molecule has 0 fully saturated rings. The van der Waals surface area contributed by atoms with Gasteiger partial charge in [0.1, 0.15) is 11.5 Å². The summed E-state index contributed by atoms with van der Waals surface area (Å²) in [6.07, 6.45) is 0. The van der Waals surface area contributed by atoms with E-state index in [1.54, 1.807) is 24.3 Å². The molecule has 0 saturated carbocycles. The van der Waals surface area contributed by atoms with Crippen LogP contribution in [0.3, 0.4) is 0 Å². The molecule has 4 nitrogen and oxygen atoms in total. The Morgan fingerprint density at radius 3 is 1.19 bits per heavy atom. The molecule has 26 heavy (non-hydrogen) atoms. The molecular formula is C20H26CaO4P+. The maximum Gasteiger partial charge on any atom is 2.00 e. The molecule has 2 aromatic carbocycles. The van der Waals surface area contributed by atoms with Gasteiger partial charge in [-0.1, -0.05) is 65.8 Å². The zero-order valence-electron chi connectivity index (χ0n) is 16.4. The predicted octanol–water partition coefficient (Wildman–Crippen LogP) is 4.83. The van der Waals surface area contributed by atoms with E-state index in [4.69, 9.17) is 9.05 Å². The van der Waals surface area contributed by atoms with Gasteiger partial charge in [-0.05, 0) is 46.2 Å². The van der Waals surface area contributed by atoms with Gasteiger partial charge in [0, 0.05) is 0 Å². The fourth-order valence-corrected chi connectivity index (χ4v) is 3.11. The van der Waals surface area contributed by atoms with E-state index in [0.717, 1.165) is 11.1 Å². The van der Waals surface area contributed by atoms with Gasteiger partial charge < -0.3 is 13.9 Å². The number of phosphoric acid groups is 1. The van der Waals surface area contributed by atoms with Gasteiger partial charge in [0.2, 0.25) is 0 Å². The smallest absolute Gasteiger partial charge is 0.736 e. The first-order valence-corrected chi connectivity index (χ1v) is 9.74. The monoisotopic (exact) mass is 401 g/mol. The summed E-state index contributed by atoms with van der Waals surface area (Å²) >= 11 is 0. The Morgan fingerprint density at radius 2 is 0.962 bits per heavy atom. The van der Waals surface area contributed by atoms with Crippen molar-refractivity contribution in [3.8, 4) is 11.5 Å². The van der Waals surface area contributed by atoms with Gasteiger partial charge in [-0.25, -0.2) is 4.57 Å². The summed E-state index contributed by atoms with van der Waals surface area (Å²) in [6, 6.07) is 14.0. The molecule has 0 heterocycles. The van der Waals surface area contributed by atoms with Crippen molar-refractivity contribution in [1.29, 1.82) is 0 Å². The molecular weight excluding hydrogens is 375 g/mol. The van der Waals surface area contributed by atoms with Crippen molar-refractivity contribution in [2.75, 3.05) is 0 Å². The Bertz CT molecular complexity index is 693. The van der Waals surface area contributed by atoms with Gasteiger partial charge in [-0.15, -0.1) is 0 Å². The maximum atomic E-state index is 12.1. The Hall–Kier alpha value is -0.510. The van der Waals surface area contributed by atoms with Gasteiger partial charge >= 0.3 is 45.6 Å². The molecule has 6 heteroatoms. The quantitative estimate of drug-likeness (QED) is 0.544. The number of hydrogen-bond donors (Lipinski definition) is 0. The molecule has 0 unspecified atom stereocenters. The summed E-state index contributed by atoms with van der Waals surface area (Å²) in [5, 5.41) is 0. The Morgan fingerprint density at radius 1 is 0.692 bits per heavy atom. The van der Waals surface area contributed by atoms with Crippen molar-refractivity contribution in [2.24, 2.45) is 0 Å². The van der Waals surface area contributed by atoms with E-state index in [2.05, 4.69) is 41.5 Å². The molecule has 0 amide bonds. The molecule has 2 rings (SSSR count). The third-order valence-corrected chi connectivity index (χ3v) is 4.74. The van der Waals surface area contributed by atoms with Crippen LogP contribution < -0.4 is 13.9 Å². The van der Waals surface area contributed by atoms with Crippen molar-refractivity contribution in [3.63, 3.8) is 0 Å². The van der Waals surface area contributed by atoms with Crippen LogP contribution in [0, 0.1) is 0 Å². The SMILES string of the molecule is CC(C)(C)c1ccc(OP(=O)([O-])Oc2ccc(C(C)(C)C)cc2)cc1.[Ca+2]. The Balaban J connectivity index is 0.00000338. The maximum absolute atomic E-state index is 12.1. The van der Waals surface area contributed by atoms with Gasteiger partial charge in [0.25, 0.3) is 0 Å². The second-order valence-electron chi connectivity index (χ2n) is 8.18. The molecule has 0 aliphatic heterocycles. The van der Waals surface area contributed by atoms with Crippen LogP contribution in [-0.4, -0.2) is 37.7 Å². The molecule has 136 valence electrons. The van der Waals surface area contributed by atoms with Gasteiger partial charge in [0.15, 0.2) is 0 Å². The number of hydrogen-bond acceptors (Lipinski definition) is 4. The first-order valence-electron chi connectivity index (χ1n) is 8.28. The van der Waals surface area contributed by atoms with E-state index in [-0.39, 0.29) is 60.1 Å². The van der Waals surface area contributed by atoms with Crippen molar-refractivity contribution >= 4 is 45.6 Å². The fraction of sp³-hybridized carbons (Fsp3) is 0.400. The van der Waals surface area contributed by atoms with Crippen LogP contribution in [0.15, 0.2) is 48.5 Å². The second-order valence-corrected chi connectivity index (χ2v) is 9.44. The number of benzene rings is 2. The third-order valence-electron chi connectivity index (χ3n) is 3.88. The van der Waals surface area contributed by atoms with Crippen LogP contribution in [0.4, 0.5) is 0 Å². The summed E-state index contributed by atoms with van der Waals surface area (Å²) in [4.78, 5) is 12.1. The van der Waals surface area contributed by atoms with Crippen molar-refractivity contribution < 1.29 is 18.5 Å². The normalized spacial score (nSPS) is 12.3. The van der Waals surface area contributed by atoms with Crippen molar-refractivity contribution in [2.45, 2.75) is 52.4 Å². The molecule has 0 bridgehead atoms. The molecule has 0 aliphatic carbocycles. The van der Waals surface area contributed by atoms with Crippen LogP contribution in [0.5, 0.6) is 11.5 Å². The van der Waals surface area contributed by atoms with Gasteiger partial charge in [0.05, 0.1) is 0 Å². The predicted molar refractivity (Wildman–Crippen MR) is 105 cm³/mol. The summed E-state index contributed by atoms with van der Waals surface area (Å²) in [5.74, 6) is 0.468. The van der Waals surface area contributed by atoms with E-state index in [1.807, 2.05) is 24.3 Å². The summed E-state index contributed by atoms with van der Waals surface area (Å²) in [7, 11) is -4.50. The van der Waals surface area contributed by atoms with E-state index >= 15 is 0 Å². The van der Waals surface area contributed by atoms with Gasteiger partial charge in [-0.2, -0.15) is 0 Å². The summed E-state index contributed by atoms with van der Waals surface area (Å²) < 4.78 is 22.2. The average Bonchev–Trinajstić information content (AvgIpc) is 2.45. The zero-order valence-corrected chi connectivity index (χ0v) is 19.5. The number of rotatable bonds is 4. The minimum Gasteiger partial charge on any atom is -0.736 e. The van der Waals surface area contributed by atoms with E-state index < -0.39 is 7.82 Å². The second kappa shape index (κ2) is 8.67. The molecule has 0 atom stereocenters. The molecule has 0 spiro atoms. The average molecular weight is 401 g/mol. The zero-order chi connectivity index (χ0) is 18.9. The molecule has 0 aromatic heterocycles. The number of phosphoric ester groups is 1. The summed E-state index contributed by atoms with van der Waals surface area (Å²) in [6.45, 7) is 12.5. The van der Waals surface area contributed by atoms with Crippen LogP contribution in [0.1, 0.15) is 52.7 Å². The molecule has 2 aromatic rings. The topological polar surface area (TPSA) is 58.6 Å². The van der Waals surface area contributed by atoms with E-state index in [1.165, 1.54) is 0 Å². The molecule has 0 radical (unpaired) electrons. The summed E-state index contributed by atoms with van der Waals surface area (Å²) in [5.41, 5.74) is 2.18. The standard InChI is InChI=1S/C20H27O4P.Ca/c1-19(2,3)15-7-11-17(12-8-15)23-25(21,22)24-18-13-9-16(10-14-18)20(4,5)6;/h7-14H,1-6H3,(H,21,22);/q;+2/p-1. The Labute approximate surface area is 186 Å². The van der Waals surface area contributed by atoms with Crippen molar-refractivity contribution in [1.82, 2.24) is 0 Å². The first kappa shape index (κ1) is 23.5. The molecule has 0 saturated heterocycles. The fourth-order valence-electron chi connectivity index (χ4n) is 2.31. The minimum absolute atomic E-state index is 0. The van der Waals surface area contributed by atoms with Crippen LogP contribution in [-0.2, 0) is 15.4 Å². The molecule has 0 N–H and O–H groups in total. The van der Waals surface area contributed by atoms with Crippen LogP contribution in [0.2, 0.25) is 0 Å². The largest absolute Gasteiger partial charge is 2.00 e. The van der Waals surface area contributed by atoms with Crippen LogP contribution in [0.25, 0.3) is 0 Å². The minimum atomic E-state index is -4.50. The van der Waals surface area contributed by atoms with E-state index in [9.17, 15) is 9.46 Å².